The van der Waals surface area contributed by atoms with Crippen LogP contribution >= 0.6 is 0 Å². The third-order valence-electron chi connectivity index (χ3n) is 23.7. The molecule has 18 aromatic rings. The predicted octanol–water partition coefficient (Wildman–Crippen LogP) is 17.3. The molecule has 0 spiro atoms. The molecule has 133 heavy (non-hydrogen) atoms. The molecule has 3 amide bonds. The van der Waals surface area contributed by atoms with E-state index in [-0.39, 0.29) is 45.8 Å². The monoisotopic (exact) mass is 1770 g/mol. The lowest BCUT2D eigenvalue weighted by molar-refractivity contribution is 0.0711. The minimum absolute atomic E-state index is 0.0240. The summed E-state index contributed by atoms with van der Waals surface area (Å²) in [6.07, 6.45) is 26.0. The first-order chi connectivity index (χ1) is 65.0. The number of aromatic nitrogens is 12. The second kappa shape index (κ2) is 39.7. The highest BCUT2D eigenvalue weighted by molar-refractivity contribution is 5.97. The largest absolute Gasteiger partial charge is 0.496 e. The summed E-state index contributed by atoms with van der Waals surface area (Å²) in [5.74, 6) is 1.03. The number of benzene rings is 6. The van der Waals surface area contributed by atoms with Gasteiger partial charge < -0.3 is 70.7 Å². The van der Waals surface area contributed by atoms with Crippen LogP contribution in [0.1, 0.15) is 80.2 Å². The zero-order valence-corrected chi connectivity index (χ0v) is 72.6. The van der Waals surface area contributed by atoms with E-state index < -0.39 is 0 Å². The molecule has 0 radical (unpaired) electrons. The number of carbonyl (C=O) groups is 3. The van der Waals surface area contributed by atoms with Crippen molar-refractivity contribution >= 4 is 91.5 Å². The molecule has 12 aromatic heterocycles. The van der Waals surface area contributed by atoms with E-state index in [4.69, 9.17) is 9.47 Å². The van der Waals surface area contributed by atoms with Crippen molar-refractivity contribution in [1.29, 1.82) is 0 Å². The molecule has 0 atom stereocenters. The highest BCUT2D eigenvalue weighted by atomic mass is 19.1. The number of halogens is 1. The van der Waals surface area contributed by atoms with Crippen LogP contribution in [-0.2, 0) is 11.3 Å². The van der Waals surface area contributed by atoms with Gasteiger partial charge in [0, 0.05) is 206 Å². The number of anilines is 9. The lowest BCUT2D eigenvalue weighted by atomic mass is 9.88. The smallest absolute Gasteiger partial charge is 0.253 e. The van der Waals surface area contributed by atoms with Crippen LogP contribution in [0.25, 0.3) is 67.6 Å². The first-order valence-electron chi connectivity index (χ1n) is 43.7. The van der Waals surface area contributed by atoms with Crippen molar-refractivity contribution in [3.8, 4) is 50.8 Å². The summed E-state index contributed by atoms with van der Waals surface area (Å²) in [4.78, 5) is 119. The fourth-order valence-corrected chi connectivity index (χ4v) is 16.7. The van der Waals surface area contributed by atoms with E-state index in [1.54, 1.807) is 99.0 Å². The topological polar surface area (TPSA) is 340 Å². The van der Waals surface area contributed by atoms with Gasteiger partial charge in [-0.15, -0.1) is 0 Å². The molecule has 29 nitrogen and oxygen atoms in total. The van der Waals surface area contributed by atoms with Crippen LogP contribution in [0.3, 0.4) is 0 Å². The van der Waals surface area contributed by atoms with Crippen LogP contribution in [-0.4, -0.2) is 145 Å². The van der Waals surface area contributed by atoms with Crippen molar-refractivity contribution < 1.29 is 28.2 Å². The van der Waals surface area contributed by atoms with Gasteiger partial charge in [-0.25, -0.2) is 24.3 Å². The number of hydrogen-bond acceptors (Lipinski definition) is 18. The number of morpholine rings is 1. The number of imidazole rings is 4. The first kappa shape index (κ1) is 86.7. The Hall–Kier alpha value is -17.0. The zero-order chi connectivity index (χ0) is 91.3. The third-order valence-corrected chi connectivity index (χ3v) is 23.7. The van der Waals surface area contributed by atoms with Gasteiger partial charge in [-0.3, -0.25) is 51.2 Å². The Morgan fingerprint density at radius 1 is 0.444 bits per heavy atom. The zero-order valence-electron chi connectivity index (χ0n) is 72.6. The van der Waals surface area contributed by atoms with Gasteiger partial charge in [0.05, 0.1) is 71.5 Å². The van der Waals surface area contributed by atoms with Crippen LogP contribution in [0, 0.1) is 5.82 Å². The highest BCUT2D eigenvalue weighted by Crippen LogP contribution is 2.38. The van der Waals surface area contributed by atoms with Crippen molar-refractivity contribution in [2.24, 2.45) is 0 Å². The quantitative estimate of drug-likeness (QED) is 0.0323. The minimum Gasteiger partial charge on any atom is -0.496 e. The molecule has 14 heterocycles. The Balaban J connectivity index is 0.000000119. The second-order valence-corrected chi connectivity index (χ2v) is 32.3. The van der Waals surface area contributed by atoms with E-state index in [2.05, 4.69) is 72.5 Å². The third kappa shape index (κ3) is 20.0. The van der Waals surface area contributed by atoms with Gasteiger partial charge in [0.1, 0.15) is 11.6 Å². The molecule has 1 aliphatic carbocycles. The number of H-pyrrole nitrogens is 4. The Labute approximate surface area is 761 Å². The molecular formula is C103H93FN20O9. The molecule has 3 fully saturated rings. The number of pyridine rings is 8. The first-order valence-corrected chi connectivity index (χ1v) is 43.7. The van der Waals surface area contributed by atoms with E-state index in [0.29, 0.717) is 78.5 Å². The number of piperidine rings is 1. The maximum absolute atomic E-state index is 14.7. The molecule has 0 bridgehead atoms. The maximum Gasteiger partial charge on any atom is 0.253 e. The summed E-state index contributed by atoms with van der Waals surface area (Å²) in [5.41, 5.74) is 20.2. The Morgan fingerprint density at radius 3 is 1.25 bits per heavy atom. The number of methoxy groups -OCH3 is 1. The standard InChI is InChI=1S/C31H29N5O3.C27H23N5O2.C23H21N5O2.C22H20FN5O2/c1-39-28-5-3-2-4-25(28)21-13-17-35(18-14-21)31(38)22-6-8-24(9-7-22)34-26-10-11-27(36-19-16-33-30(26)36)23-12-15-32-29(37)20-23;1-31(18-19-5-3-2-4-6-19)27(34)20-7-9-22(10-8-20)30-23-11-12-24(32-16-15-29-26(23)32)21-13-14-28-25(33)17-21;29-21-14-16(10-11-24-21)20-9-8-19(22-25-12-13-28(20)22)26-18-6-4-15(5-7-18)23(30)27-17-2-1-3-17;23-17-14-16(1-3-20(17)27-9-11-30-12-10-27)26-18-2-4-19(28-8-7-25-22(18)28)15-5-6-24-21(29)13-15/h2-12,15-16,19-21,34H,13-14,17-18H2,1H3,(H,32,37);2-17,30H,18H2,1H3,(H,28,33);4-14,17,26H,1-3H2,(H,24,29)(H,27,30);1-8,13-14,26H,9-12H2,(H,24,29). The number of amides is 3. The summed E-state index contributed by atoms with van der Waals surface area (Å²) >= 11 is 0. The lowest BCUT2D eigenvalue weighted by Gasteiger charge is -2.33. The molecule has 30 heteroatoms. The fourth-order valence-electron chi connectivity index (χ4n) is 16.7. The molecule has 2 aliphatic heterocycles. The van der Waals surface area contributed by atoms with Gasteiger partial charge in [-0.05, 0) is 219 Å². The Kier molecular flexibility index (Phi) is 25.9. The van der Waals surface area contributed by atoms with Gasteiger partial charge in [0.25, 0.3) is 17.7 Å². The van der Waals surface area contributed by atoms with E-state index >= 15 is 0 Å². The van der Waals surface area contributed by atoms with Crippen molar-refractivity contribution in [3.05, 3.63) is 392 Å². The molecule has 1 saturated carbocycles. The van der Waals surface area contributed by atoms with Crippen molar-refractivity contribution in [3.63, 3.8) is 0 Å². The summed E-state index contributed by atoms with van der Waals surface area (Å²) in [6, 6.07) is 75.0. The number of carbonyl (C=O) groups excluding carboxylic acids is 3. The molecule has 3 aliphatic rings. The van der Waals surface area contributed by atoms with Gasteiger partial charge in [0.15, 0.2) is 22.6 Å². The van der Waals surface area contributed by atoms with Crippen molar-refractivity contribution in [2.75, 3.05) is 79.7 Å². The van der Waals surface area contributed by atoms with Gasteiger partial charge in [0.2, 0.25) is 22.2 Å². The summed E-state index contributed by atoms with van der Waals surface area (Å²) in [6.45, 7) is 4.58. The normalized spacial score (nSPS) is 13.2. The molecule has 21 rings (SSSR count). The summed E-state index contributed by atoms with van der Waals surface area (Å²) < 4.78 is 33.3. The summed E-state index contributed by atoms with van der Waals surface area (Å²) in [5, 5.41) is 16.5. The number of likely N-dealkylation sites (tertiary alicyclic amines) is 1. The number of rotatable bonds is 21. The molecule has 666 valence electrons. The minimum atomic E-state index is -0.276. The number of nitrogens with one attached hydrogen (secondary N) is 9. The lowest BCUT2D eigenvalue weighted by Crippen LogP contribution is -2.39. The molecule has 2 saturated heterocycles. The predicted molar refractivity (Wildman–Crippen MR) is 515 cm³/mol. The van der Waals surface area contributed by atoms with E-state index in [9.17, 15) is 38.0 Å². The van der Waals surface area contributed by atoms with Crippen LogP contribution in [0.2, 0.25) is 0 Å². The van der Waals surface area contributed by atoms with E-state index in [0.717, 1.165) is 152 Å². The number of para-hydroxylation sites is 1. The molecule has 6 aromatic carbocycles. The average Bonchev–Trinajstić information content (AvgIpc) is 1.70. The van der Waals surface area contributed by atoms with Crippen LogP contribution in [0.5, 0.6) is 5.75 Å². The number of ether oxygens (including phenoxy) is 2. The SMILES string of the molecule is CN(Cc1ccccc1)C(=O)c1ccc(Nc2ccc(-c3cc[nH]c(=O)c3)n3ccnc23)cc1.COc1ccccc1C1CCN(C(=O)c2ccc(Nc3ccc(-c4cc[nH]c(=O)c4)n4ccnc34)cc2)CC1.O=C(NC1CCC1)c1ccc(Nc2ccc(-c3cc[nH]c(=O)c3)n3ccnc23)cc1.O=c1cc(-c2ccc(Nc3ccc(N4CCOCC4)c(F)c3)c3nccn23)cc[nH]1. The van der Waals surface area contributed by atoms with Crippen LogP contribution in [0.4, 0.5) is 55.6 Å². The second-order valence-electron chi connectivity index (χ2n) is 32.3. The number of aromatic amines is 4. The highest BCUT2D eigenvalue weighted by Gasteiger charge is 2.28. The van der Waals surface area contributed by atoms with Crippen molar-refractivity contribution in [1.82, 2.24) is 72.6 Å². The van der Waals surface area contributed by atoms with Crippen LogP contribution < -0.4 is 58.5 Å². The summed E-state index contributed by atoms with van der Waals surface area (Å²) in [7, 11) is 3.51. The molecular weight excluding hydrogens is 1680 g/mol. The number of nitrogens with zero attached hydrogens (tertiary/aromatic N) is 11. The maximum atomic E-state index is 14.7. The van der Waals surface area contributed by atoms with Crippen molar-refractivity contribution in [2.45, 2.75) is 50.6 Å². The van der Waals surface area contributed by atoms with E-state index in [1.165, 1.54) is 18.1 Å². The Bertz CT molecular complexity index is 7480. The molecule has 0 unspecified atom stereocenters. The molecule has 9 N–H and O–H groups in total. The number of fused-ring (bicyclic) bond motifs is 4. The Morgan fingerprint density at radius 2 is 0.842 bits per heavy atom. The van der Waals surface area contributed by atoms with Gasteiger partial charge in [-0.2, -0.15) is 0 Å². The average molecular weight is 1770 g/mol. The number of hydrogen-bond donors (Lipinski definition) is 9. The van der Waals surface area contributed by atoms with E-state index in [1.807, 2.05) is 252 Å². The fraction of sp³-hybridized carbons (Fsp3) is 0.155. The van der Waals surface area contributed by atoms with Gasteiger partial charge >= 0.3 is 0 Å². The van der Waals surface area contributed by atoms with Crippen LogP contribution in [0.15, 0.2) is 336 Å². The van der Waals surface area contributed by atoms with Gasteiger partial charge in [-0.1, -0.05) is 48.5 Å².